The van der Waals surface area contributed by atoms with Crippen molar-refractivity contribution >= 4 is 46.6 Å². The third-order valence-electron chi connectivity index (χ3n) is 2.73. The van der Waals surface area contributed by atoms with Gasteiger partial charge in [0.2, 0.25) is 5.91 Å². The summed E-state index contributed by atoms with van der Waals surface area (Å²) in [5.41, 5.74) is 2.29. The molecule has 3 nitrogen and oxygen atoms in total. The molecule has 0 heterocycles. The number of rotatable bonds is 5. The highest BCUT2D eigenvalue weighted by Gasteiger charge is 2.05. The molecule has 0 radical (unpaired) electrons. The van der Waals surface area contributed by atoms with E-state index in [1.54, 1.807) is 30.3 Å². The van der Waals surface area contributed by atoms with Crippen LogP contribution >= 0.6 is 35.0 Å². The molecule has 112 valence electrons. The molecular formula is C16H12Cl2N2OS. The molecule has 0 aromatic heterocycles. The summed E-state index contributed by atoms with van der Waals surface area (Å²) in [6.07, 6.45) is 0. The van der Waals surface area contributed by atoms with E-state index in [-0.39, 0.29) is 5.91 Å². The smallest absolute Gasteiger partial charge is 0.234 e. The second-order valence-electron chi connectivity index (χ2n) is 4.51. The Labute approximate surface area is 143 Å². The first-order valence-corrected chi connectivity index (χ1v) is 8.30. The van der Waals surface area contributed by atoms with Crippen LogP contribution in [0.4, 0.5) is 5.69 Å². The Morgan fingerprint density at radius 3 is 2.36 bits per heavy atom. The van der Waals surface area contributed by atoms with Gasteiger partial charge in [-0.3, -0.25) is 4.79 Å². The summed E-state index contributed by atoms with van der Waals surface area (Å²) in [5.74, 6) is 0.913. The number of hydrogen-bond donors (Lipinski definition) is 1. The standard InChI is InChI=1S/C16H12Cl2N2OS/c17-13-5-14(18)7-15(6-13)20-16(21)10-22-9-12-3-1-11(8-19)2-4-12/h1-7H,9-10H2,(H,20,21). The van der Waals surface area contributed by atoms with Crippen molar-refractivity contribution in [2.24, 2.45) is 0 Å². The fourth-order valence-electron chi connectivity index (χ4n) is 1.76. The number of thioether (sulfide) groups is 1. The molecule has 2 aromatic carbocycles. The maximum absolute atomic E-state index is 11.9. The molecule has 0 spiro atoms. The zero-order chi connectivity index (χ0) is 15.9. The fraction of sp³-hybridized carbons (Fsp3) is 0.125. The highest BCUT2D eigenvalue weighted by Crippen LogP contribution is 2.22. The molecule has 0 unspecified atom stereocenters. The maximum atomic E-state index is 11.9. The van der Waals surface area contributed by atoms with Gasteiger partial charge in [0.05, 0.1) is 17.4 Å². The van der Waals surface area contributed by atoms with E-state index in [0.29, 0.717) is 32.8 Å². The van der Waals surface area contributed by atoms with Gasteiger partial charge in [-0.05, 0) is 35.9 Å². The Hall–Kier alpha value is -1.67. The van der Waals surface area contributed by atoms with E-state index >= 15 is 0 Å². The summed E-state index contributed by atoms with van der Waals surface area (Å²) in [6, 6.07) is 14.3. The van der Waals surface area contributed by atoms with Gasteiger partial charge in [-0.1, -0.05) is 35.3 Å². The van der Waals surface area contributed by atoms with Crippen LogP contribution < -0.4 is 5.32 Å². The fourth-order valence-corrected chi connectivity index (χ4v) is 3.07. The van der Waals surface area contributed by atoms with Gasteiger partial charge in [-0.25, -0.2) is 0 Å². The minimum Gasteiger partial charge on any atom is -0.325 e. The van der Waals surface area contributed by atoms with Crippen molar-refractivity contribution < 1.29 is 4.79 Å². The van der Waals surface area contributed by atoms with Crippen LogP contribution in [0.25, 0.3) is 0 Å². The largest absolute Gasteiger partial charge is 0.325 e. The topological polar surface area (TPSA) is 52.9 Å². The number of carbonyl (C=O) groups is 1. The van der Waals surface area contributed by atoms with Crippen LogP contribution in [0.3, 0.4) is 0 Å². The predicted molar refractivity (Wildman–Crippen MR) is 92.4 cm³/mol. The van der Waals surface area contributed by atoms with Crippen molar-refractivity contribution in [2.75, 3.05) is 11.1 Å². The normalized spacial score (nSPS) is 10.0. The van der Waals surface area contributed by atoms with Gasteiger partial charge in [0.1, 0.15) is 0 Å². The molecule has 1 N–H and O–H groups in total. The molecule has 0 saturated heterocycles. The lowest BCUT2D eigenvalue weighted by molar-refractivity contribution is -0.113. The number of anilines is 1. The predicted octanol–water partition coefficient (Wildman–Crippen LogP) is 4.74. The van der Waals surface area contributed by atoms with E-state index < -0.39 is 0 Å². The van der Waals surface area contributed by atoms with Crippen LogP contribution in [-0.2, 0) is 10.5 Å². The Morgan fingerprint density at radius 1 is 1.14 bits per heavy atom. The molecule has 0 aliphatic rings. The number of hydrogen-bond acceptors (Lipinski definition) is 3. The first-order chi connectivity index (χ1) is 10.6. The molecule has 2 rings (SSSR count). The Kier molecular flexibility index (Phi) is 6.14. The van der Waals surface area contributed by atoms with E-state index in [1.165, 1.54) is 11.8 Å². The lowest BCUT2D eigenvalue weighted by Crippen LogP contribution is -2.14. The summed E-state index contributed by atoms with van der Waals surface area (Å²) >= 11 is 13.3. The Morgan fingerprint density at radius 2 is 1.77 bits per heavy atom. The maximum Gasteiger partial charge on any atom is 0.234 e. The quantitative estimate of drug-likeness (QED) is 0.847. The van der Waals surface area contributed by atoms with Gasteiger partial charge in [0.25, 0.3) is 0 Å². The van der Waals surface area contributed by atoms with Crippen molar-refractivity contribution in [2.45, 2.75) is 5.75 Å². The van der Waals surface area contributed by atoms with Crippen molar-refractivity contribution in [3.63, 3.8) is 0 Å². The van der Waals surface area contributed by atoms with Gasteiger partial charge < -0.3 is 5.32 Å². The minimum atomic E-state index is -0.114. The number of nitrogens with zero attached hydrogens (tertiary/aromatic N) is 1. The third-order valence-corrected chi connectivity index (χ3v) is 4.17. The Balaban J connectivity index is 1.81. The molecule has 1 amide bonds. The van der Waals surface area contributed by atoms with E-state index in [2.05, 4.69) is 11.4 Å². The lowest BCUT2D eigenvalue weighted by Gasteiger charge is -2.06. The number of nitrogens with one attached hydrogen (secondary N) is 1. The summed E-state index contributed by atoms with van der Waals surface area (Å²) in [4.78, 5) is 11.9. The van der Waals surface area contributed by atoms with Crippen LogP contribution in [0.2, 0.25) is 10.0 Å². The average molecular weight is 351 g/mol. The highest BCUT2D eigenvalue weighted by atomic mass is 35.5. The van der Waals surface area contributed by atoms with Gasteiger partial charge in [0.15, 0.2) is 0 Å². The molecule has 0 saturated carbocycles. The molecule has 0 aliphatic carbocycles. The number of halogens is 2. The number of nitriles is 1. The van der Waals surface area contributed by atoms with E-state index in [9.17, 15) is 4.79 Å². The molecule has 0 aliphatic heterocycles. The van der Waals surface area contributed by atoms with Crippen LogP contribution in [0.1, 0.15) is 11.1 Å². The summed E-state index contributed by atoms with van der Waals surface area (Å²) in [7, 11) is 0. The van der Waals surface area contributed by atoms with Crippen LogP contribution in [0.5, 0.6) is 0 Å². The zero-order valence-corrected chi connectivity index (χ0v) is 13.8. The summed E-state index contributed by atoms with van der Waals surface area (Å²) < 4.78 is 0. The van der Waals surface area contributed by atoms with Gasteiger partial charge in [-0.15, -0.1) is 11.8 Å². The van der Waals surface area contributed by atoms with Crippen molar-refractivity contribution in [1.82, 2.24) is 0 Å². The Bertz CT molecular complexity index is 691. The number of amides is 1. The van der Waals surface area contributed by atoms with Gasteiger partial charge >= 0.3 is 0 Å². The zero-order valence-electron chi connectivity index (χ0n) is 11.5. The van der Waals surface area contributed by atoms with Crippen LogP contribution in [0.15, 0.2) is 42.5 Å². The van der Waals surface area contributed by atoms with Gasteiger partial charge in [0, 0.05) is 21.5 Å². The first-order valence-electron chi connectivity index (χ1n) is 6.39. The monoisotopic (exact) mass is 350 g/mol. The summed E-state index contributed by atoms with van der Waals surface area (Å²) in [5, 5.41) is 12.4. The average Bonchev–Trinajstić information content (AvgIpc) is 2.47. The molecule has 0 bridgehead atoms. The van der Waals surface area contributed by atoms with Crippen molar-refractivity contribution in [3.05, 3.63) is 63.6 Å². The molecule has 0 atom stereocenters. The third kappa shape index (κ3) is 5.27. The molecular weight excluding hydrogens is 339 g/mol. The molecule has 2 aromatic rings. The minimum absolute atomic E-state index is 0.114. The van der Waals surface area contributed by atoms with Crippen LogP contribution in [-0.4, -0.2) is 11.7 Å². The lowest BCUT2D eigenvalue weighted by atomic mass is 10.2. The first kappa shape index (κ1) is 16.7. The highest BCUT2D eigenvalue weighted by molar-refractivity contribution is 7.99. The number of carbonyl (C=O) groups excluding carboxylic acids is 1. The van der Waals surface area contributed by atoms with Crippen molar-refractivity contribution in [3.8, 4) is 6.07 Å². The van der Waals surface area contributed by atoms with E-state index in [4.69, 9.17) is 28.5 Å². The summed E-state index contributed by atoms with van der Waals surface area (Å²) in [6.45, 7) is 0. The van der Waals surface area contributed by atoms with Gasteiger partial charge in [-0.2, -0.15) is 5.26 Å². The molecule has 6 heteroatoms. The van der Waals surface area contributed by atoms with E-state index in [1.807, 2.05) is 12.1 Å². The van der Waals surface area contributed by atoms with E-state index in [0.717, 1.165) is 5.56 Å². The SMILES string of the molecule is N#Cc1ccc(CSCC(=O)Nc2cc(Cl)cc(Cl)c2)cc1. The van der Waals surface area contributed by atoms with Crippen LogP contribution in [0, 0.1) is 11.3 Å². The molecule has 22 heavy (non-hydrogen) atoms. The second-order valence-corrected chi connectivity index (χ2v) is 6.37. The molecule has 0 fully saturated rings. The number of benzene rings is 2. The van der Waals surface area contributed by atoms with Crippen molar-refractivity contribution in [1.29, 1.82) is 5.26 Å². The second kappa shape index (κ2) is 8.09.